The molecular weight excluding hydrogens is 442 g/mol. The maximum absolute atomic E-state index is 12.8. The molecule has 0 radical (unpaired) electrons. The SMILES string of the molecule is Cc1cc(I)ccc1N=Cc1ccc(-c2cccc(C(F)(F)F)c2)o1. The van der Waals surface area contributed by atoms with E-state index in [4.69, 9.17) is 4.42 Å². The van der Waals surface area contributed by atoms with Gasteiger partial charge in [0.25, 0.3) is 0 Å². The van der Waals surface area contributed by atoms with E-state index in [9.17, 15) is 13.2 Å². The van der Waals surface area contributed by atoms with Gasteiger partial charge in [0.2, 0.25) is 0 Å². The Kier molecular flexibility index (Phi) is 4.99. The number of nitrogens with zero attached hydrogens (tertiary/aromatic N) is 1. The predicted octanol–water partition coefficient (Wildman–Crippen LogP) is 6.63. The normalized spacial score (nSPS) is 12.0. The van der Waals surface area contributed by atoms with Gasteiger partial charge in [0.15, 0.2) is 0 Å². The maximum atomic E-state index is 12.8. The van der Waals surface area contributed by atoms with Crippen molar-refractivity contribution in [2.45, 2.75) is 13.1 Å². The lowest BCUT2D eigenvalue weighted by Gasteiger charge is -2.07. The molecule has 0 atom stereocenters. The molecule has 2 nitrogen and oxygen atoms in total. The fourth-order valence-corrected chi connectivity index (χ4v) is 2.97. The van der Waals surface area contributed by atoms with Gasteiger partial charge in [-0.15, -0.1) is 0 Å². The van der Waals surface area contributed by atoms with E-state index in [1.165, 1.54) is 6.07 Å². The van der Waals surface area contributed by atoms with Gasteiger partial charge in [-0.05, 0) is 77.5 Å². The molecule has 0 aliphatic rings. The van der Waals surface area contributed by atoms with Crippen LogP contribution in [0.2, 0.25) is 0 Å². The highest BCUT2D eigenvalue weighted by molar-refractivity contribution is 14.1. The smallest absolute Gasteiger partial charge is 0.416 e. The van der Waals surface area contributed by atoms with Crippen LogP contribution in [0, 0.1) is 10.5 Å². The standard InChI is InChI=1S/C19H13F3INO/c1-12-9-15(23)5-7-17(12)24-11-16-6-8-18(25-16)13-3-2-4-14(10-13)19(20,21)22/h2-11H,1H3. The second kappa shape index (κ2) is 7.03. The second-order valence-electron chi connectivity index (χ2n) is 5.47. The Morgan fingerprint density at radius 1 is 1.04 bits per heavy atom. The van der Waals surface area contributed by atoms with Gasteiger partial charge in [0.1, 0.15) is 11.5 Å². The Morgan fingerprint density at radius 3 is 2.56 bits per heavy atom. The summed E-state index contributed by atoms with van der Waals surface area (Å²) < 4.78 is 45.2. The Labute approximate surface area is 156 Å². The van der Waals surface area contributed by atoms with Gasteiger partial charge < -0.3 is 4.42 Å². The van der Waals surface area contributed by atoms with E-state index in [0.29, 0.717) is 17.1 Å². The third-order valence-corrected chi connectivity index (χ3v) is 4.26. The average Bonchev–Trinajstić information content (AvgIpc) is 3.02. The summed E-state index contributed by atoms with van der Waals surface area (Å²) in [7, 11) is 0. The zero-order valence-electron chi connectivity index (χ0n) is 13.1. The Morgan fingerprint density at radius 2 is 1.84 bits per heavy atom. The molecule has 3 rings (SSSR count). The van der Waals surface area contributed by atoms with E-state index in [1.54, 1.807) is 24.4 Å². The summed E-state index contributed by atoms with van der Waals surface area (Å²) in [5, 5.41) is 0. The fraction of sp³-hybridized carbons (Fsp3) is 0.105. The predicted molar refractivity (Wildman–Crippen MR) is 100 cm³/mol. The largest absolute Gasteiger partial charge is 0.455 e. The molecule has 128 valence electrons. The number of benzene rings is 2. The minimum absolute atomic E-state index is 0.367. The van der Waals surface area contributed by atoms with Crippen LogP contribution in [0.15, 0.2) is 64.0 Å². The van der Waals surface area contributed by atoms with Gasteiger partial charge in [-0.1, -0.05) is 12.1 Å². The summed E-state index contributed by atoms with van der Waals surface area (Å²) in [6, 6.07) is 14.3. The highest BCUT2D eigenvalue weighted by atomic mass is 127. The molecule has 2 aromatic carbocycles. The Balaban J connectivity index is 1.84. The minimum Gasteiger partial charge on any atom is -0.455 e. The molecule has 0 aliphatic carbocycles. The molecule has 0 fully saturated rings. The van der Waals surface area contributed by atoms with Crippen LogP contribution in [0.1, 0.15) is 16.9 Å². The monoisotopic (exact) mass is 455 g/mol. The molecular formula is C19H13F3INO. The van der Waals surface area contributed by atoms with E-state index in [0.717, 1.165) is 27.0 Å². The van der Waals surface area contributed by atoms with Gasteiger partial charge in [-0.3, -0.25) is 4.99 Å². The first kappa shape index (κ1) is 17.7. The van der Waals surface area contributed by atoms with Crippen LogP contribution < -0.4 is 0 Å². The first-order valence-electron chi connectivity index (χ1n) is 7.40. The summed E-state index contributed by atoms with van der Waals surface area (Å²) in [6.45, 7) is 1.96. The van der Waals surface area contributed by atoms with E-state index >= 15 is 0 Å². The molecule has 0 aliphatic heterocycles. The van der Waals surface area contributed by atoms with Gasteiger partial charge in [-0.2, -0.15) is 13.2 Å². The quantitative estimate of drug-likeness (QED) is 0.322. The van der Waals surface area contributed by atoms with Crippen LogP contribution in [-0.2, 0) is 6.18 Å². The number of aliphatic imine (C=N–C) groups is 1. The molecule has 0 spiro atoms. The zero-order valence-corrected chi connectivity index (χ0v) is 15.3. The minimum atomic E-state index is -4.38. The molecule has 0 saturated carbocycles. The average molecular weight is 455 g/mol. The van der Waals surface area contributed by atoms with Crippen molar-refractivity contribution in [1.29, 1.82) is 0 Å². The lowest BCUT2D eigenvalue weighted by atomic mass is 10.1. The highest BCUT2D eigenvalue weighted by Crippen LogP contribution is 2.32. The van der Waals surface area contributed by atoms with Crippen molar-refractivity contribution in [1.82, 2.24) is 0 Å². The first-order chi connectivity index (χ1) is 11.8. The summed E-state index contributed by atoms with van der Waals surface area (Å²) >= 11 is 2.23. The molecule has 1 heterocycles. The van der Waals surface area contributed by atoms with Crippen LogP contribution in [0.3, 0.4) is 0 Å². The molecule has 6 heteroatoms. The van der Waals surface area contributed by atoms with Crippen molar-refractivity contribution in [2.75, 3.05) is 0 Å². The summed E-state index contributed by atoms with van der Waals surface area (Å²) in [5.74, 6) is 0.845. The third-order valence-electron chi connectivity index (χ3n) is 3.59. The maximum Gasteiger partial charge on any atom is 0.416 e. The zero-order chi connectivity index (χ0) is 18.0. The molecule has 3 aromatic rings. The number of furan rings is 1. The van der Waals surface area contributed by atoms with Crippen molar-refractivity contribution in [3.8, 4) is 11.3 Å². The molecule has 0 N–H and O–H groups in total. The van der Waals surface area contributed by atoms with Crippen LogP contribution >= 0.6 is 22.6 Å². The van der Waals surface area contributed by atoms with Crippen LogP contribution in [-0.4, -0.2) is 6.21 Å². The first-order valence-corrected chi connectivity index (χ1v) is 8.48. The van der Waals surface area contributed by atoms with Crippen molar-refractivity contribution in [2.24, 2.45) is 4.99 Å². The molecule has 1 aromatic heterocycles. The number of alkyl halides is 3. The Bertz CT molecular complexity index is 928. The number of halogens is 4. The summed E-state index contributed by atoms with van der Waals surface area (Å²) in [5.41, 5.74) is 1.52. The van der Waals surface area contributed by atoms with E-state index in [-0.39, 0.29) is 0 Å². The van der Waals surface area contributed by atoms with Crippen LogP contribution in [0.25, 0.3) is 11.3 Å². The lowest BCUT2D eigenvalue weighted by molar-refractivity contribution is -0.137. The van der Waals surface area contributed by atoms with E-state index in [1.807, 2.05) is 25.1 Å². The number of hydrogen-bond donors (Lipinski definition) is 0. The number of rotatable bonds is 3. The van der Waals surface area contributed by atoms with Crippen molar-refractivity contribution < 1.29 is 17.6 Å². The van der Waals surface area contributed by atoms with Crippen molar-refractivity contribution in [3.05, 3.63) is 75.1 Å². The third kappa shape index (κ3) is 4.31. The second-order valence-corrected chi connectivity index (χ2v) is 6.72. The summed E-state index contributed by atoms with van der Waals surface area (Å²) in [4.78, 5) is 4.38. The van der Waals surface area contributed by atoms with Crippen molar-refractivity contribution >= 4 is 34.5 Å². The van der Waals surface area contributed by atoms with Gasteiger partial charge in [-0.25, -0.2) is 0 Å². The number of hydrogen-bond acceptors (Lipinski definition) is 2. The van der Waals surface area contributed by atoms with E-state index < -0.39 is 11.7 Å². The highest BCUT2D eigenvalue weighted by Gasteiger charge is 2.30. The topological polar surface area (TPSA) is 25.5 Å². The van der Waals surface area contributed by atoms with Gasteiger partial charge >= 0.3 is 6.18 Å². The molecule has 0 unspecified atom stereocenters. The molecule has 0 bridgehead atoms. The van der Waals surface area contributed by atoms with Crippen molar-refractivity contribution in [3.63, 3.8) is 0 Å². The van der Waals surface area contributed by atoms with E-state index in [2.05, 4.69) is 27.6 Å². The van der Waals surface area contributed by atoms with Gasteiger partial charge in [0, 0.05) is 9.13 Å². The molecule has 0 saturated heterocycles. The number of aryl methyl sites for hydroxylation is 1. The summed E-state index contributed by atoms with van der Waals surface area (Å²) in [6.07, 6.45) is -2.82. The fourth-order valence-electron chi connectivity index (χ4n) is 2.32. The van der Waals surface area contributed by atoms with Crippen LogP contribution in [0.5, 0.6) is 0 Å². The Hall–Kier alpha value is -2.09. The molecule has 0 amide bonds. The van der Waals surface area contributed by atoms with Crippen LogP contribution in [0.4, 0.5) is 18.9 Å². The lowest BCUT2D eigenvalue weighted by Crippen LogP contribution is -2.04. The van der Waals surface area contributed by atoms with Gasteiger partial charge in [0.05, 0.1) is 17.5 Å². The molecule has 25 heavy (non-hydrogen) atoms.